The molecule has 1 amide bonds. The number of carbonyl (C=O) groups excluding carboxylic acids is 1. The number of aryl methyl sites for hydroxylation is 1. The van der Waals surface area contributed by atoms with E-state index in [1.807, 2.05) is 18.3 Å². The predicted octanol–water partition coefficient (Wildman–Crippen LogP) is 3.23. The Balaban J connectivity index is 1.58. The maximum absolute atomic E-state index is 13.5. The predicted molar refractivity (Wildman–Crippen MR) is 117 cm³/mol. The maximum Gasteiger partial charge on any atom is 0.276 e. The molecule has 1 aliphatic rings. The summed E-state index contributed by atoms with van der Waals surface area (Å²) in [4.78, 5) is 29.4. The Labute approximate surface area is 184 Å². The number of amides is 1. The summed E-state index contributed by atoms with van der Waals surface area (Å²) < 4.78 is 14.9. The van der Waals surface area contributed by atoms with Gasteiger partial charge in [-0.25, -0.2) is 4.39 Å². The summed E-state index contributed by atoms with van der Waals surface area (Å²) >= 11 is 0. The van der Waals surface area contributed by atoms with Gasteiger partial charge in [0.15, 0.2) is 11.4 Å². The molecule has 0 bridgehead atoms. The molecule has 1 aromatic carbocycles. The van der Waals surface area contributed by atoms with E-state index in [1.165, 1.54) is 16.9 Å². The fourth-order valence-electron chi connectivity index (χ4n) is 4.41. The first-order valence-electron chi connectivity index (χ1n) is 10.6. The van der Waals surface area contributed by atoms with Gasteiger partial charge in [-0.05, 0) is 48.6 Å². The van der Waals surface area contributed by atoms with Crippen LogP contribution in [0.3, 0.4) is 0 Å². The lowest BCUT2D eigenvalue weighted by Crippen LogP contribution is -2.34. The molecule has 7 nitrogen and oxygen atoms in total. The van der Waals surface area contributed by atoms with Gasteiger partial charge in [-0.15, -0.1) is 0 Å². The van der Waals surface area contributed by atoms with E-state index in [0.29, 0.717) is 17.7 Å². The van der Waals surface area contributed by atoms with E-state index < -0.39 is 17.1 Å². The van der Waals surface area contributed by atoms with Crippen molar-refractivity contribution in [3.63, 3.8) is 0 Å². The highest BCUT2D eigenvalue weighted by Gasteiger charge is 2.36. The first kappa shape index (κ1) is 21.7. The molecular weight excluding hydrogens is 411 g/mol. The zero-order valence-electron chi connectivity index (χ0n) is 17.8. The van der Waals surface area contributed by atoms with Gasteiger partial charge in [-0.1, -0.05) is 31.0 Å². The zero-order chi connectivity index (χ0) is 22.7. The summed E-state index contributed by atoms with van der Waals surface area (Å²) in [7, 11) is 0. The summed E-state index contributed by atoms with van der Waals surface area (Å²) in [5.41, 5.74) is 0.822. The minimum atomic E-state index is -0.823. The average Bonchev–Trinajstić information content (AvgIpc) is 3.27. The molecule has 0 radical (unpaired) electrons. The molecule has 0 atom stereocenters. The molecule has 166 valence electrons. The second-order valence-corrected chi connectivity index (χ2v) is 8.39. The summed E-state index contributed by atoms with van der Waals surface area (Å²) in [6.07, 6.45) is 8.82. The average molecular weight is 436 g/mol. The number of aromatic nitrogens is 3. The van der Waals surface area contributed by atoms with Crippen molar-refractivity contribution in [1.29, 1.82) is 0 Å². The number of hydrogen-bond donors (Lipinski definition) is 2. The van der Waals surface area contributed by atoms with Gasteiger partial charge in [0.05, 0.1) is 12.7 Å². The topological polar surface area (TPSA) is 97.1 Å². The van der Waals surface area contributed by atoms with Crippen LogP contribution in [0.1, 0.15) is 52.9 Å². The SMILES string of the molecule is Cc1cc(CNC(=O)c2nn(CC3(c4cccnc4)CCCC3)cc(O)c2=O)ccc1F. The van der Waals surface area contributed by atoms with Gasteiger partial charge in [0, 0.05) is 24.4 Å². The number of rotatable bonds is 6. The Kier molecular flexibility index (Phi) is 6.03. The van der Waals surface area contributed by atoms with Crippen molar-refractivity contribution >= 4 is 5.91 Å². The molecule has 0 unspecified atom stereocenters. The summed E-state index contributed by atoms with van der Waals surface area (Å²) in [6.45, 7) is 2.16. The highest BCUT2D eigenvalue weighted by atomic mass is 19.1. The minimum Gasteiger partial charge on any atom is -0.503 e. The molecule has 0 aliphatic heterocycles. The molecule has 4 rings (SSSR count). The Bertz CT molecular complexity index is 1190. The van der Waals surface area contributed by atoms with Crippen LogP contribution in [0.4, 0.5) is 4.39 Å². The molecule has 2 aromatic heterocycles. The monoisotopic (exact) mass is 436 g/mol. The molecule has 2 N–H and O–H groups in total. The van der Waals surface area contributed by atoms with Gasteiger partial charge in [-0.2, -0.15) is 5.10 Å². The van der Waals surface area contributed by atoms with Crippen LogP contribution in [0.15, 0.2) is 53.7 Å². The largest absolute Gasteiger partial charge is 0.503 e. The van der Waals surface area contributed by atoms with Crippen molar-refractivity contribution in [2.45, 2.75) is 51.1 Å². The van der Waals surface area contributed by atoms with E-state index in [-0.39, 0.29) is 23.5 Å². The molecular formula is C24H25FN4O3. The number of halogens is 1. The highest BCUT2D eigenvalue weighted by molar-refractivity contribution is 5.92. The van der Waals surface area contributed by atoms with Crippen molar-refractivity contribution in [2.24, 2.45) is 0 Å². The Hall–Kier alpha value is -3.55. The van der Waals surface area contributed by atoms with Crippen molar-refractivity contribution in [3.05, 3.63) is 87.3 Å². The van der Waals surface area contributed by atoms with Gasteiger partial charge in [0.2, 0.25) is 0 Å². The second-order valence-electron chi connectivity index (χ2n) is 8.39. The Morgan fingerprint density at radius 1 is 1.28 bits per heavy atom. The third-order valence-corrected chi connectivity index (χ3v) is 6.14. The van der Waals surface area contributed by atoms with E-state index in [9.17, 15) is 19.1 Å². The lowest BCUT2D eigenvalue weighted by atomic mass is 9.79. The molecule has 0 saturated heterocycles. The third kappa shape index (κ3) is 4.39. The zero-order valence-corrected chi connectivity index (χ0v) is 17.8. The summed E-state index contributed by atoms with van der Waals surface area (Å²) in [5.74, 6) is -1.54. The normalized spacial score (nSPS) is 14.9. The number of nitrogens with one attached hydrogen (secondary N) is 1. The van der Waals surface area contributed by atoms with Crippen molar-refractivity contribution in [2.75, 3.05) is 0 Å². The van der Waals surface area contributed by atoms with Crippen molar-refractivity contribution in [3.8, 4) is 5.75 Å². The van der Waals surface area contributed by atoms with Gasteiger partial charge in [0.1, 0.15) is 5.82 Å². The van der Waals surface area contributed by atoms with E-state index in [4.69, 9.17) is 0 Å². The summed E-state index contributed by atoms with van der Waals surface area (Å²) in [5, 5.41) is 17.1. The van der Waals surface area contributed by atoms with Crippen molar-refractivity contribution < 1.29 is 14.3 Å². The van der Waals surface area contributed by atoms with E-state index in [2.05, 4.69) is 15.4 Å². The molecule has 0 spiro atoms. The first-order chi connectivity index (χ1) is 15.4. The van der Waals surface area contributed by atoms with Gasteiger partial charge in [-0.3, -0.25) is 19.3 Å². The fraction of sp³-hybridized carbons (Fsp3) is 0.333. The van der Waals surface area contributed by atoms with Gasteiger partial charge < -0.3 is 10.4 Å². The molecule has 8 heteroatoms. The first-order valence-corrected chi connectivity index (χ1v) is 10.6. The Morgan fingerprint density at radius 3 is 2.75 bits per heavy atom. The molecule has 1 saturated carbocycles. The van der Waals surface area contributed by atoms with Crippen LogP contribution in [0.25, 0.3) is 0 Å². The molecule has 1 aliphatic carbocycles. The minimum absolute atomic E-state index is 0.107. The van der Waals surface area contributed by atoms with Crippen LogP contribution >= 0.6 is 0 Å². The third-order valence-electron chi connectivity index (χ3n) is 6.14. The standard InChI is InChI=1S/C24H25FN4O3/c1-16-11-17(6-7-19(16)25)12-27-23(32)21-22(31)20(30)14-29(28-21)15-24(8-2-3-9-24)18-5-4-10-26-13-18/h4-7,10-11,13-14,30H,2-3,8-9,12,15H2,1H3,(H,27,32). The number of carbonyl (C=O) groups is 1. The Morgan fingerprint density at radius 2 is 2.06 bits per heavy atom. The smallest absolute Gasteiger partial charge is 0.276 e. The molecule has 3 aromatic rings. The molecule has 32 heavy (non-hydrogen) atoms. The van der Waals surface area contributed by atoms with Crippen LogP contribution in [-0.4, -0.2) is 25.8 Å². The quantitative estimate of drug-likeness (QED) is 0.618. The van der Waals surface area contributed by atoms with Crippen LogP contribution in [-0.2, 0) is 18.5 Å². The van der Waals surface area contributed by atoms with E-state index in [1.54, 1.807) is 25.3 Å². The van der Waals surface area contributed by atoms with Crippen LogP contribution in [0.2, 0.25) is 0 Å². The van der Waals surface area contributed by atoms with Crippen LogP contribution < -0.4 is 10.7 Å². The lowest BCUT2D eigenvalue weighted by Gasteiger charge is -2.30. The number of aromatic hydroxyl groups is 1. The van der Waals surface area contributed by atoms with E-state index in [0.717, 1.165) is 31.2 Å². The van der Waals surface area contributed by atoms with Crippen molar-refractivity contribution in [1.82, 2.24) is 20.1 Å². The molecule has 1 fully saturated rings. The number of pyridine rings is 1. The summed E-state index contributed by atoms with van der Waals surface area (Å²) in [6, 6.07) is 8.44. The van der Waals surface area contributed by atoms with Crippen LogP contribution in [0.5, 0.6) is 5.75 Å². The lowest BCUT2D eigenvalue weighted by molar-refractivity contribution is 0.0940. The maximum atomic E-state index is 13.5. The number of hydrogen-bond acceptors (Lipinski definition) is 5. The second kappa shape index (κ2) is 8.90. The number of nitrogens with zero attached hydrogens (tertiary/aromatic N) is 3. The van der Waals surface area contributed by atoms with Gasteiger partial charge in [0.25, 0.3) is 11.3 Å². The number of benzene rings is 1. The highest BCUT2D eigenvalue weighted by Crippen LogP contribution is 2.42. The van der Waals surface area contributed by atoms with Gasteiger partial charge >= 0.3 is 0 Å². The fourth-order valence-corrected chi connectivity index (χ4v) is 4.41. The molecule has 2 heterocycles. The van der Waals surface area contributed by atoms with Crippen LogP contribution in [0, 0.1) is 12.7 Å². The van der Waals surface area contributed by atoms with E-state index >= 15 is 0 Å².